The Balaban J connectivity index is 0. The van der Waals surface area contributed by atoms with Crippen molar-refractivity contribution in [1.29, 1.82) is 0 Å². The van der Waals surface area contributed by atoms with Gasteiger partial charge in [-0.2, -0.15) is 4.58 Å². The lowest BCUT2D eigenvalue weighted by molar-refractivity contribution is -0.209. The van der Waals surface area contributed by atoms with E-state index in [0.29, 0.717) is 0 Å². The van der Waals surface area contributed by atoms with Gasteiger partial charge in [0.05, 0.1) is 0 Å². The molecule has 0 amide bonds. The van der Waals surface area contributed by atoms with Crippen molar-refractivity contribution in [3.8, 4) is 0 Å². The van der Waals surface area contributed by atoms with Crippen molar-refractivity contribution < 1.29 is 24.2 Å². The largest absolute Gasteiger partial charge is 0.699 e. The smallest absolute Gasteiger partial charge is 0.366 e. The van der Waals surface area contributed by atoms with Gasteiger partial charge in [0.1, 0.15) is 0 Å². The van der Waals surface area contributed by atoms with Gasteiger partial charge in [0.2, 0.25) is 0 Å². The Labute approximate surface area is 56.7 Å². The first-order valence-corrected chi connectivity index (χ1v) is 2.81. The van der Waals surface area contributed by atoms with Crippen molar-refractivity contribution in [1.82, 2.24) is 0 Å². The SMILES string of the molecule is OO[Si](O)(O)O.[MgH2]. The topological polar surface area (TPSA) is 90.2 Å². The van der Waals surface area contributed by atoms with E-state index < -0.39 is 9.05 Å². The predicted molar refractivity (Wildman–Crippen MR) is 24.7 cm³/mol. The van der Waals surface area contributed by atoms with E-state index in [1.807, 2.05) is 0 Å². The molecule has 42 valence electrons. The number of rotatable bonds is 1. The van der Waals surface area contributed by atoms with Gasteiger partial charge in [0.15, 0.2) is 0 Å². The zero-order valence-corrected chi connectivity index (χ0v) is 3.70. The monoisotopic (exact) mass is 138 g/mol. The van der Waals surface area contributed by atoms with Gasteiger partial charge in [0, 0.05) is 0 Å². The third-order valence-electron chi connectivity index (χ3n) is 0.122. The molecular weight excluding hydrogens is 132 g/mol. The van der Waals surface area contributed by atoms with Crippen molar-refractivity contribution in [3.05, 3.63) is 0 Å². The third kappa shape index (κ3) is 10.8. The Morgan fingerprint density at radius 3 is 1.29 bits per heavy atom. The minimum absolute atomic E-state index is 0. The van der Waals surface area contributed by atoms with Crippen molar-refractivity contribution >= 4 is 32.1 Å². The summed E-state index contributed by atoms with van der Waals surface area (Å²) >= 11 is 0. The molecule has 0 aliphatic heterocycles. The highest BCUT2D eigenvalue weighted by atomic mass is 28.4. The molecule has 0 heterocycles. The van der Waals surface area contributed by atoms with Gasteiger partial charge in [-0.1, -0.05) is 0 Å². The van der Waals surface area contributed by atoms with Crippen LogP contribution in [0, 0.1) is 0 Å². The molecule has 0 atom stereocenters. The van der Waals surface area contributed by atoms with Gasteiger partial charge in [-0.3, -0.25) is 5.26 Å². The van der Waals surface area contributed by atoms with E-state index >= 15 is 0 Å². The second-order valence-corrected chi connectivity index (χ2v) is 2.00. The quantitative estimate of drug-likeness (QED) is 0.176. The summed E-state index contributed by atoms with van der Waals surface area (Å²) in [6.45, 7) is 0. The Morgan fingerprint density at radius 2 is 1.29 bits per heavy atom. The summed E-state index contributed by atoms with van der Waals surface area (Å²) < 4.78 is 2.74. The molecule has 7 heavy (non-hydrogen) atoms. The van der Waals surface area contributed by atoms with Crippen LogP contribution in [0.4, 0.5) is 0 Å². The standard InChI is InChI=1S/Mg.H4O5Si.2H/c;1-5-6(2,3)4;;/h;1-4H;;. The molecule has 0 bridgehead atoms. The summed E-state index contributed by atoms with van der Waals surface area (Å²) in [5.41, 5.74) is 0. The van der Waals surface area contributed by atoms with E-state index in [-0.39, 0.29) is 23.1 Å². The van der Waals surface area contributed by atoms with Gasteiger partial charge in [-0.25, -0.2) is 0 Å². The fraction of sp³-hybridized carbons (Fsp3) is 0. The molecule has 0 fully saturated rings. The Kier molecular flexibility index (Phi) is 5.73. The molecule has 7 heteroatoms. The molecule has 0 unspecified atom stereocenters. The van der Waals surface area contributed by atoms with E-state index in [1.165, 1.54) is 0 Å². The highest BCUT2D eigenvalue weighted by molar-refractivity contribution is 6.48. The van der Waals surface area contributed by atoms with Gasteiger partial charge >= 0.3 is 32.1 Å². The van der Waals surface area contributed by atoms with E-state index in [4.69, 9.17) is 19.6 Å². The minimum Gasteiger partial charge on any atom is -0.366 e. The molecule has 0 saturated heterocycles. The lowest BCUT2D eigenvalue weighted by Gasteiger charge is -1.98. The van der Waals surface area contributed by atoms with Crippen LogP contribution in [-0.4, -0.2) is 51.7 Å². The van der Waals surface area contributed by atoms with Crippen molar-refractivity contribution in [2.24, 2.45) is 0 Å². The molecule has 0 aromatic heterocycles. The van der Waals surface area contributed by atoms with Crippen LogP contribution in [0.25, 0.3) is 0 Å². The van der Waals surface area contributed by atoms with E-state index in [9.17, 15) is 0 Å². The van der Waals surface area contributed by atoms with E-state index in [2.05, 4.69) is 4.58 Å². The molecule has 0 rings (SSSR count). The van der Waals surface area contributed by atoms with Crippen LogP contribution < -0.4 is 0 Å². The first-order chi connectivity index (χ1) is 2.56. The molecule has 5 nitrogen and oxygen atoms in total. The normalized spacial score (nSPS) is 10.3. The molecule has 0 spiro atoms. The van der Waals surface area contributed by atoms with Gasteiger partial charge in [0.25, 0.3) is 0 Å². The summed E-state index contributed by atoms with van der Waals surface area (Å²) in [6.07, 6.45) is 0. The second-order valence-electron chi connectivity index (χ2n) is 0.665. The Hall–Kier alpha value is 0.783. The first kappa shape index (κ1) is 10.7. The average Bonchev–Trinajstić information content (AvgIpc) is 1.35. The van der Waals surface area contributed by atoms with Gasteiger partial charge in [-0.15, -0.1) is 0 Å². The maximum absolute atomic E-state index is 7.60. The molecule has 4 N–H and O–H groups in total. The van der Waals surface area contributed by atoms with Crippen LogP contribution in [0.15, 0.2) is 0 Å². The van der Waals surface area contributed by atoms with Crippen LogP contribution in [0.2, 0.25) is 0 Å². The summed E-state index contributed by atoms with van der Waals surface area (Å²) in [7, 11) is -4.58. The van der Waals surface area contributed by atoms with Crippen LogP contribution >= 0.6 is 0 Å². The molecule has 0 aromatic rings. The van der Waals surface area contributed by atoms with Gasteiger partial charge < -0.3 is 14.4 Å². The molecule has 0 aliphatic carbocycles. The maximum Gasteiger partial charge on any atom is 0.699 e. The molecule has 0 aromatic carbocycles. The summed E-state index contributed by atoms with van der Waals surface area (Å²) in [5.74, 6) is 0. The minimum atomic E-state index is -4.58. The summed E-state index contributed by atoms with van der Waals surface area (Å²) in [4.78, 5) is 22.8. The molecule has 0 radical (unpaired) electrons. The lowest BCUT2D eigenvalue weighted by atomic mass is 14.9. The van der Waals surface area contributed by atoms with E-state index in [0.717, 1.165) is 0 Å². The number of hydrogen-bond acceptors (Lipinski definition) is 5. The fourth-order valence-electron chi connectivity index (χ4n) is 0. The Morgan fingerprint density at radius 1 is 1.14 bits per heavy atom. The predicted octanol–water partition coefficient (Wildman–Crippen LogP) is -3.03. The van der Waals surface area contributed by atoms with Crippen molar-refractivity contribution in [2.45, 2.75) is 0 Å². The second kappa shape index (κ2) is 3.74. The zero-order chi connectivity index (χ0) is 5.21. The van der Waals surface area contributed by atoms with Crippen molar-refractivity contribution in [2.75, 3.05) is 0 Å². The highest BCUT2D eigenvalue weighted by Crippen LogP contribution is 1.79. The van der Waals surface area contributed by atoms with E-state index in [1.54, 1.807) is 0 Å². The van der Waals surface area contributed by atoms with Crippen LogP contribution in [0.5, 0.6) is 0 Å². The van der Waals surface area contributed by atoms with Crippen LogP contribution in [0.1, 0.15) is 0 Å². The molecule has 0 saturated carbocycles. The number of hydrogen-bond donors (Lipinski definition) is 4. The summed E-state index contributed by atoms with van der Waals surface area (Å²) in [5, 5.41) is 7.21. The highest BCUT2D eigenvalue weighted by Gasteiger charge is 2.30. The Bertz CT molecular complexity index is 37.8. The fourth-order valence-corrected chi connectivity index (χ4v) is 0. The zero-order valence-electron chi connectivity index (χ0n) is 2.70. The van der Waals surface area contributed by atoms with Crippen molar-refractivity contribution in [3.63, 3.8) is 0 Å². The molecule has 0 aliphatic rings. The maximum atomic E-state index is 7.60. The molecular formula is H6MgO5Si. The lowest BCUT2D eigenvalue weighted by Crippen LogP contribution is -2.37. The van der Waals surface area contributed by atoms with Gasteiger partial charge in [-0.05, 0) is 0 Å². The summed E-state index contributed by atoms with van der Waals surface area (Å²) in [6, 6.07) is 0. The first-order valence-electron chi connectivity index (χ1n) is 1.06. The van der Waals surface area contributed by atoms with Crippen LogP contribution in [-0.2, 0) is 4.58 Å². The average molecular weight is 138 g/mol. The third-order valence-corrected chi connectivity index (χ3v) is 0.367. The van der Waals surface area contributed by atoms with Crippen LogP contribution in [0.3, 0.4) is 0 Å².